The van der Waals surface area contributed by atoms with Gasteiger partial charge in [0.25, 0.3) is 0 Å². The molecular weight excluding hydrogens is 438 g/mol. The summed E-state index contributed by atoms with van der Waals surface area (Å²) < 4.78 is 0. The topological polar surface area (TPSA) is 194 Å². The second-order valence-corrected chi connectivity index (χ2v) is 8.94. The fourth-order valence-electron chi connectivity index (χ4n) is 2.84. The van der Waals surface area contributed by atoms with Gasteiger partial charge < -0.3 is 32.5 Å². The molecule has 12 heteroatoms. The molecule has 0 aliphatic rings. The van der Waals surface area contributed by atoms with Crippen molar-refractivity contribution in [1.82, 2.24) is 16.0 Å². The molecule has 4 unspecified atom stereocenters. The quantitative estimate of drug-likeness (QED) is 0.150. The van der Waals surface area contributed by atoms with Gasteiger partial charge in [0.15, 0.2) is 0 Å². The summed E-state index contributed by atoms with van der Waals surface area (Å²) in [6, 6.07) is -4.21. The van der Waals surface area contributed by atoms with Crippen LogP contribution >= 0.6 is 12.6 Å². The minimum Gasteiger partial charge on any atom is -0.480 e. The highest BCUT2D eigenvalue weighted by Crippen LogP contribution is 2.09. The third kappa shape index (κ3) is 11.9. The highest BCUT2D eigenvalue weighted by molar-refractivity contribution is 7.80. The predicted molar refractivity (Wildman–Crippen MR) is 123 cm³/mol. The van der Waals surface area contributed by atoms with E-state index in [1.807, 2.05) is 27.7 Å². The Morgan fingerprint density at radius 3 is 1.69 bits per heavy atom. The van der Waals surface area contributed by atoms with Crippen LogP contribution in [0.2, 0.25) is 0 Å². The first-order chi connectivity index (χ1) is 14.8. The van der Waals surface area contributed by atoms with Crippen molar-refractivity contribution < 1.29 is 29.1 Å². The van der Waals surface area contributed by atoms with E-state index in [-0.39, 0.29) is 43.3 Å². The van der Waals surface area contributed by atoms with Gasteiger partial charge in [0.2, 0.25) is 23.6 Å². The van der Waals surface area contributed by atoms with Crippen molar-refractivity contribution in [3.63, 3.8) is 0 Å². The van der Waals surface area contributed by atoms with Crippen LogP contribution in [-0.4, -0.2) is 64.6 Å². The van der Waals surface area contributed by atoms with Crippen LogP contribution in [0.5, 0.6) is 0 Å². The first-order valence-electron chi connectivity index (χ1n) is 10.6. The van der Waals surface area contributed by atoms with E-state index < -0.39 is 53.8 Å². The molecular formula is C20H37N5O6S. The number of carboxylic acid groups (broad SMARTS) is 1. The molecule has 4 amide bonds. The number of carboxylic acids is 1. The minimum absolute atomic E-state index is 0.0192. The third-order valence-corrected chi connectivity index (χ3v) is 4.88. The molecule has 0 aliphatic carbocycles. The van der Waals surface area contributed by atoms with Gasteiger partial charge in [0, 0.05) is 12.2 Å². The SMILES string of the molecule is CC(C)CC(NC(=O)C(CC(C)C)NC(=O)C(CS)NC(=O)C(N)CCC(N)=O)C(=O)O. The molecule has 0 bridgehead atoms. The van der Waals surface area contributed by atoms with Crippen molar-refractivity contribution in [3.05, 3.63) is 0 Å². The van der Waals surface area contributed by atoms with Crippen LogP contribution in [-0.2, 0) is 24.0 Å². The van der Waals surface area contributed by atoms with Gasteiger partial charge >= 0.3 is 5.97 Å². The first-order valence-corrected chi connectivity index (χ1v) is 11.2. The average Bonchev–Trinajstić information content (AvgIpc) is 2.67. The lowest BCUT2D eigenvalue weighted by Gasteiger charge is -2.26. The summed E-state index contributed by atoms with van der Waals surface area (Å²) >= 11 is 4.08. The smallest absolute Gasteiger partial charge is 0.326 e. The van der Waals surface area contributed by atoms with Crippen molar-refractivity contribution in [1.29, 1.82) is 0 Å². The Bertz CT molecular complexity index is 673. The largest absolute Gasteiger partial charge is 0.480 e. The zero-order valence-corrected chi connectivity index (χ0v) is 20.0. The Balaban J connectivity index is 5.23. The molecule has 11 nitrogen and oxygen atoms in total. The number of rotatable bonds is 15. The van der Waals surface area contributed by atoms with Gasteiger partial charge in [0.1, 0.15) is 18.1 Å². The standard InChI is InChI=1S/C20H37N5O6S/c1-10(2)7-13(18(28)24-14(20(30)31)8-11(3)4)23-19(29)15(9-32)25-17(27)12(21)5-6-16(22)26/h10-15,32H,5-9,21H2,1-4H3,(H2,22,26)(H,23,29)(H,24,28)(H,25,27)(H,30,31). The molecule has 0 radical (unpaired) electrons. The second kappa shape index (κ2) is 14.7. The van der Waals surface area contributed by atoms with E-state index in [1.165, 1.54) is 0 Å². The van der Waals surface area contributed by atoms with Crippen LogP contribution in [0.1, 0.15) is 53.4 Å². The Morgan fingerprint density at radius 2 is 1.25 bits per heavy atom. The fourth-order valence-corrected chi connectivity index (χ4v) is 3.10. The molecule has 0 aromatic carbocycles. The van der Waals surface area contributed by atoms with Crippen LogP contribution in [0.4, 0.5) is 0 Å². The van der Waals surface area contributed by atoms with Gasteiger partial charge in [-0.05, 0) is 31.1 Å². The van der Waals surface area contributed by atoms with Gasteiger partial charge in [-0.15, -0.1) is 0 Å². The third-order valence-electron chi connectivity index (χ3n) is 4.52. The van der Waals surface area contributed by atoms with Gasteiger partial charge in [-0.25, -0.2) is 4.79 Å². The molecule has 32 heavy (non-hydrogen) atoms. The molecule has 184 valence electrons. The van der Waals surface area contributed by atoms with E-state index >= 15 is 0 Å². The van der Waals surface area contributed by atoms with Gasteiger partial charge in [-0.3, -0.25) is 19.2 Å². The molecule has 0 aromatic rings. The molecule has 0 spiro atoms. The molecule has 0 fully saturated rings. The zero-order valence-electron chi connectivity index (χ0n) is 19.1. The predicted octanol–water partition coefficient (Wildman–Crippen LogP) is -0.860. The summed E-state index contributed by atoms with van der Waals surface area (Å²) in [4.78, 5) is 60.0. The lowest BCUT2D eigenvalue weighted by molar-refractivity contribution is -0.143. The zero-order chi connectivity index (χ0) is 25.0. The Labute approximate surface area is 194 Å². The Hall–Kier alpha value is -2.34. The Kier molecular flexibility index (Phi) is 13.6. The first kappa shape index (κ1) is 29.7. The van der Waals surface area contributed by atoms with Crippen LogP contribution in [0.15, 0.2) is 0 Å². The summed E-state index contributed by atoms with van der Waals surface area (Å²) in [6.07, 6.45) is 0.440. The van der Waals surface area contributed by atoms with Crippen molar-refractivity contribution in [3.8, 4) is 0 Å². The van der Waals surface area contributed by atoms with Crippen LogP contribution in [0.25, 0.3) is 0 Å². The maximum atomic E-state index is 12.7. The van der Waals surface area contributed by atoms with E-state index in [4.69, 9.17) is 11.5 Å². The van der Waals surface area contributed by atoms with Gasteiger partial charge in [0.05, 0.1) is 6.04 Å². The van der Waals surface area contributed by atoms with Crippen LogP contribution in [0, 0.1) is 11.8 Å². The number of aliphatic carboxylic acids is 1. The van der Waals surface area contributed by atoms with E-state index in [0.29, 0.717) is 0 Å². The van der Waals surface area contributed by atoms with E-state index in [2.05, 4.69) is 28.6 Å². The van der Waals surface area contributed by atoms with Gasteiger partial charge in [-0.2, -0.15) is 12.6 Å². The molecule has 0 heterocycles. The summed E-state index contributed by atoms with van der Waals surface area (Å²) in [7, 11) is 0. The normalized spacial score (nSPS) is 14.9. The fraction of sp³-hybridized carbons (Fsp3) is 0.750. The number of thiol groups is 1. The molecule has 0 aromatic heterocycles. The van der Waals surface area contributed by atoms with Crippen LogP contribution < -0.4 is 27.4 Å². The van der Waals surface area contributed by atoms with Crippen molar-refractivity contribution in [2.45, 2.75) is 77.5 Å². The molecule has 0 saturated heterocycles. The van der Waals surface area contributed by atoms with Crippen molar-refractivity contribution in [2.75, 3.05) is 5.75 Å². The van der Waals surface area contributed by atoms with E-state index in [1.54, 1.807) is 0 Å². The number of hydrogen-bond donors (Lipinski definition) is 7. The average molecular weight is 476 g/mol. The maximum Gasteiger partial charge on any atom is 0.326 e. The van der Waals surface area contributed by atoms with E-state index in [9.17, 15) is 29.1 Å². The molecule has 4 atom stereocenters. The second-order valence-electron chi connectivity index (χ2n) is 8.57. The van der Waals surface area contributed by atoms with Gasteiger partial charge in [-0.1, -0.05) is 27.7 Å². The number of primary amides is 1. The summed E-state index contributed by atoms with van der Waals surface area (Å²) in [5.74, 6) is -3.71. The highest BCUT2D eigenvalue weighted by Gasteiger charge is 2.30. The Morgan fingerprint density at radius 1 is 0.812 bits per heavy atom. The summed E-state index contributed by atoms with van der Waals surface area (Å²) in [6.45, 7) is 7.38. The molecule has 0 saturated carbocycles. The lowest BCUT2D eigenvalue weighted by Crippen LogP contribution is -2.58. The number of carbonyl (C=O) groups is 5. The van der Waals surface area contributed by atoms with Crippen molar-refractivity contribution in [2.24, 2.45) is 23.3 Å². The summed E-state index contributed by atoms with van der Waals surface area (Å²) in [5.41, 5.74) is 10.8. The number of nitrogens with two attached hydrogens (primary N) is 2. The van der Waals surface area contributed by atoms with Crippen molar-refractivity contribution >= 4 is 42.2 Å². The lowest BCUT2D eigenvalue weighted by atomic mass is 10.0. The molecule has 8 N–H and O–H groups in total. The number of amides is 4. The number of carbonyl (C=O) groups excluding carboxylic acids is 4. The van der Waals surface area contributed by atoms with Crippen LogP contribution in [0.3, 0.4) is 0 Å². The number of nitrogens with one attached hydrogen (secondary N) is 3. The van der Waals surface area contributed by atoms with E-state index in [0.717, 1.165) is 0 Å². The number of hydrogen-bond acceptors (Lipinski definition) is 7. The maximum absolute atomic E-state index is 12.7. The highest BCUT2D eigenvalue weighted by atomic mass is 32.1. The molecule has 0 rings (SSSR count). The summed E-state index contributed by atoms with van der Waals surface area (Å²) in [5, 5.41) is 16.9. The minimum atomic E-state index is -1.16. The molecule has 0 aliphatic heterocycles. The monoisotopic (exact) mass is 475 g/mol.